The Bertz CT molecular complexity index is 958. The third kappa shape index (κ3) is 2.43. The van der Waals surface area contributed by atoms with Crippen LogP contribution in [-0.4, -0.2) is 15.0 Å². The Morgan fingerprint density at radius 3 is 2.59 bits per heavy atom. The van der Waals surface area contributed by atoms with Crippen molar-refractivity contribution < 1.29 is 4.39 Å². The van der Waals surface area contributed by atoms with Gasteiger partial charge < -0.3 is 11.1 Å². The topological polar surface area (TPSA) is 76.7 Å². The van der Waals surface area contributed by atoms with Crippen molar-refractivity contribution in [2.45, 2.75) is 0 Å². The number of halogens is 1. The number of nitrogens with one attached hydrogen (secondary N) is 1. The number of aromatic nitrogens is 3. The van der Waals surface area contributed by atoms with E-state index in [4.69, 9.17) is 5.73 Å². The van der Waals surface area contributed by atoms with Crippen LogP contribution in [0, 0.1) is 5.82 Å². The number of nitrogens with zero attached hydrogens (tertiary/aromatic N) is 3. The average Bonchev–Trinajstić information content (AvgIpc) is 3.19. The Kier molecular flexibility index (Phi) is 3.25. The molecule has 4 rings (SSSR count). The van der Waals surface area contributed by atoms with E-state index in [0.717, 1.165) is 16.1 Å². The Balaban J connectivity index is 1.62. The van der Waals surface area contributed by atoms with Crippen molar-refractivity contribution in [3.05, 3.63) is 34.8 Å². The molecule has 0 atom stereocenters. The lowest BCUT2D eigenvalue weighted by molar-refractivity contribution is 0.637. The molecule has 22 heavy (non-hydrogen) atoms. The minimum atomic E-state index is -0.320. The second kappa shape index (κ2) is 5.27. The molecule has 3 aromatic heterocycles. The van der Waals surface area contributed by atoms with Crippen LogP contribution in [0.25, 0.3) is 21.6 Å². The largest absolute Gasteiger partial charge is 0.375 e. The zero-order valence-corrected chi connectivity index (χ0v) is 13.4. The van der Waals surface area contributed by atoms with Crippen molar-refractivity contribution in [3.63, 3.8) is 0 Å². The smallest absolute Gasteiger partial charge is 0.190 e. The van der Waals surface area contributed by atoms with E-state index < -0.39 is 0 Å². The van der Waals surface area contributed by atoms with Crippen molar-refractivity contribution in [3.8, 4) is 11.4 Å². The summed E-state index contributed by atoms with van der Waals surface area (Å²) in [7, 11) is 0. The van der Waals surface area contributed by atoms with E-state index in [9.17, 15) is 4.39 Å². The van der Waals surface area contributed by atoms with Crippen LogP contribution < -0.4 is 11.1 Å². The predicted molar refractivity (Wildman–Crippen MR) is 90.5 cm³/mol. The molecule has 0 aliphatic rings. The Labute approximate surface area is 136 Å². The van der Waals surface area contributed by atoms with Gasteiger partial charge in [0.15, 0.2) is 15.4 Å². The minimum absolute atomic E-state index is 0.320. The molecule has 0 aliphatic heterocycles. The number of para-hydroxylation sites is 1. The number of nitrogen functional groups attached to an aromatic ring is 1. The summed E-state index contributed by atoms with van der Waals surface area (Å²) in [5, 5.41) is 8.67. The van der Waals surface area contributed by atoms with Crippen LogP contribution in [0.2, 0.25) is 0 Å². The van der Waals surface area contributed by atoms with E-state index in [1.165, 1.54) is 40.1 Å². The lowest BCUT2D eigenvalue weighted by Gasteiger charge is -1.94. The summed E-state index contributed by atoms with van der Waals surface area (Å²) in [5.41, 5.74) is 7.51. The number of fused-ring (bicyclic) bond motifs is 1. The summed E-state index contributed by atoms with van der Waals surface area (Å²) in [6.45, 7) is 0. The Morgan fingerprint density at radius 1 is 1.00 bits per heavy atom. The zero-order valence-electron chi connectivity index (χ0n) is 10.9. The third-order valence-corrected chi connectivity index (χ3v) is 5.24. The molecule has 0 saturated heterocycles. The van der Waals surface area contributed by atoms with Crippen LogP contribution in [0.4, 0.5) is 19.8 Å². The maximum Gasteiger partial charge on any atom is 0.190 e. The summed E-state index contributed by atoms with van der Waals surface area (Å²) in [6, 6.07) is 4.92. The van der Waals surface area contributed by atoms with Crippen LogP contribution in [0.3, 0.4) is 0 Å². The Morgan fingerprint density at radius 2 is 1.82 bits per heavy atom. The lowest BCUT2D eigenvalue weighted by Crippen LogP contribution is -1.89. The van der Waals surface area contributed by atoms with E-state index in [1.54, 1.807) is 6.07 Å². The number of thiazole rings is 3. The zero-order chi connectivity index (χ0) is 15.1. The van der Waals surface area contributed by atoms with E-state index in [-0.39, 0.29) is 5.82 Å². The lowest BCUT2D eigenvalue weighted by atomic mass is 10.3. The van der Waals surface area contributed by atoms with Crippen LogP contribution in [-0.2, 0) is 0 Å². The molecule has 0 radical (unpaired) electrons. The van der Waals surface area contributed by atoms with Crippen molar-refractivity contribution in [2.75, 3.05) is 11.1 Å². The van der Waals surface area contributed by atoms with Crippen LogP contribution >= 0.6 is 34.0 Å². The number of anilines is 3. The molecular formula is C13H8FN5S3. The minimum Gasteiger partial charge on any atom is -0.375 e. The van der Waals surface area contributed by atoms with Gasteiger partial charge in [0.2, 0.25) is 0 Å². The molecule has 0 fully saturated rings. The first-order valence-electron chi connectivity index (χ1n) is 6.18. The second-order valence-electron chi connectivity index (χ2n) is 4.34. The number of rotatable bonds is 3. The summed E-state index contributed by atoms with van der Waals surface area (Å²) in [5.74, 6) is -0.320. The first kappa shape index (κ1) is 13.6. The first-order chi connectivity index (χ1) is 10.7. The molecule has 0 spiro atoms. The maximum atomic E-state index is 13.7. The molecule has 9 heteroatoms. The van der Waals surface area contributed by atoms with Crippen molar-refractivity contribution >= 4 is 59.6 Å². The summed E-state index contributed by atoms with van der Waals surface area (Å²) in [6.07, 6.45) is 0. The van der Waals surface area contributed by atoms with Gasteiger partial charge in [-0.25, -0.2) is 19.3 Å². The van der Waals surface area contributed by atoms with Crippen molar-refractivity contribution in [1.29, 1.82) is 0 Å². The molecule has 1 aromatic carbocycles. The number of benzene rings is 1. The SMILES string of the molecule is Nc1nc(-c2csc(Nc3nc4c(F)cccc4s3)n2)cs1. The van der Waals surface area contributed by atoms with Gasteiger partial charge in [0.05, 0.1) is 4.70 Å². The third-order valence-electron chi connectivity index (χ3n) is 2.87. The molecule has 3 heterocycles. The molecule has 4 aromatic rings. The van der Waals surface area contributed by atoms with Gasteiger partial charge in [0.25, 0.3) is 0 Å². The summed E-state index contributed by atoms with van der Waals surface area (Å²) >= 11 is 4.20. The van der Waals surface area contributed by atoms with Gasteiger partial charge in [-0.15, -0.1) is 22.7 Å². The molecule has 0 unspecified atom stereocenters. The average molecular weight is 349 g/mol. The highest BCUT2D eigenvalue weighted by Crippen LogP contribution is 2.32. The summed E-state index contributed by atoms with van der Waals surface area (Å²) < 4.78 is 14.4. The van der Waals surface area contributed by atoms with Crippen LogP contribution in [0.1, 0.15) is 0 Å². The van der Waals surface area contributed by atoms with Gasteiger partial charge in [0.1, 0.15) is 22.7 Å². The second-order valence-corrected chi connectivity index (χ2v) is 7.12. The Hall–Kier alpha value is -2.10. The molecule has 5 nitrogen and oxygen atoms in total. The first-order valence-corrected chi connectivity index (χ1v) is 8.75. The maximum absolute atomic E-state index is 13.7. The highest BCUT2D eigenvalue weighted by atomic mass is 32.1. The summed E-state index contributed by atoms with van der Waals surface area (Å²) in [4.78, 5) is 12.9. The molecular weight excluding hydrogens is 341 g/mol. The van der Waals surface area contributed by atoms with Crippen LogP contribution in [0.5, 0.6) is 0 Å². The molecule has 0 bridgehead atoms. The molecule has 0 saturated carbocycles. The van der Waals surface area contributed by atoms with Gasteiger partial charge in [0, 0.05) is 10.8 Å². The van der Waals surface area contributed by atoms with Crippen molar-refractivity contribution in [1.82, 2.24) is 15.0 Å². The van der Waals surface area contributed by atoms with Crippen molar-refractivity contribution in [2.24, 2.45) is 0 Å². The molecule has 110 valence electrons. The van der Waals surface area contributed by atoms with Gasteiger partial charge in [-0.05, 0) is 12.1 Å². The van der Waals surface area contributed by atoms with E-state index in [1.807, 2.05) is 16.8 Å². The van der Waals surface area contributed by atoms with Gasteiger partial charge in [-0.1, -0.05) is 17.4 Å². The van der Waals surface area contributed by atoms with Gasteiger partial charge >= 0.3 is 0 Å². The molecule has 0 amide bonds. The molecule has 3 N–H and O–H groups in total. The molecule has 0 aliphatic carbocycles. The van der Waals surface area contributed by atoms with Crippen LogP contribution in [0.15, 0.2) is 29.0 Å². The fourth-order valence-electron chi connectivity index (χ4n) is 1.91. The highest BCUT2D eigenvalue weighted by Gasteiger charge is 2.11. The standard InChI is InChI=1S/C13H8FN5S3/c14-6-2-1-3-9-10(6)18-13(22-9)19-12-17-8(5-21-12)7-4-20-11(15)16-7/h1-5H,(H2,15,16)(H,17,18,19). The quantitative estimate of drug-likeness (QED) is 0.575. The fourth-order valence-corrected chi connectivity index (χ4v) is 4.12. The van der Waals surface area contributed by atoms with E-state index >= 15 is 0 Å². The number of hydrogen-bond acceptors (Lipinski definition) is 8. The van der Waals surface area contributed by atoms with Gasteiger partial charge in [-0.2, -0.15) is 0 Å². The predicted octanol–water partition coefficient (Wildman–Crippen LogP) is 4.34. The normalized spacial score (nSPS) is 11.1. The van der Waals surface area contributed by atoms with Gasteiger partial charge in [-0.3, -0.25) is 0 Å². The monoisotopic (exact) mass is 349 g/mol. The highest BCUT2D eigenvalue weighted by molar-refractivity contribution is 7.22. The number of nitrogens with two attached hydrogens (primary N) is 1. The fraction of sp³-hybridized carbons (Fsp3) is 0. The number of hydrogen-bond donors (Lipinski definition) is 2. The van der Waals surface area contributed by atoms with E-state index in [2.05, 4.69) is 20.3 Å². The van der Waals surface area contributed by atoms with E-state index in [0.29, 0.717) is 20.9 Å².